The van der Waals surface area contributed by atoms with E-state index >= 15 is 0 Å². The Balaban J connectivity index is 1.57. The van der Waals surface area contributed by atoms with Crippen molar-refractivity contribution >= 4 is 23.1 Å². The van der Waals surface area contributed by atoms with Crippen molar-refractivity contribution in [3.63, 3.8) is 0 Å². The highest BCUT2D eigenvalue weighted by atomic mass is 32.1. The molecule has 1 atom stereocenters. The van der Waals surface area contributed by atoms with Gasteiger partial charge in [0.05, 0.1) is 11.8 Å². The van der Waals surface area contributed by atoms with Crippen LogP contribution < -0.4 is 10.2 Å². The first kappa shape index (κ1) is 16.9. The number of carbonyl (C=O) groups is 1. The summed E-state index contributed by atoms with van der Waals surface area (Å²) in [5, 5.41) is 15.4. The third-order valence-corrected chi connectivity index (χ3v) is 5.47. The van der Waals surface area contributed by atoms with Crippen LogP contribution in [-0.2, 0) is 0 Å². The number of aromatic nitrogens is 2. The van der Waals surface area contributed by atoms with Crippen molar-refractivity contribution in [2.24, 2.45) is 0 Å². The molecule has 0 bridgehead atoms. The smallest absolute Gasteiger partial charge is 0.252 e. The number of rotatable bonds is 5. The van der Waals surface area contributed by atoms with E-state index < -0.39 is 5.60 Å². The Bertz CT molecular complexity index is 704. The molecule has 1 aliphatic heterocycles. The Hall–Kier alpha value is -1.99. The molecule has 0 saturated carbocycles. The lowest BCUT2D eigenvalue weighted by Crippen LogP contribution is -2.45. The first-order chi connectivity index (χ1) is 11.5. The molecule has 7 heteroatoms. The van der Waals surface area contributed by atoms with Crippen LogP contribution >= 0.6 is 11.3 Å². The Kier molecular flexibility index (Phi) is 4.82. The van der Waals surface area contributed by atoms with Crippen molar-refractivity contribution in [3.05, 3.63) is 40.5 Å². The van der Waals surface area contributed by atoms with Gasteiger partial charge in [0.25, 0.3) is 5.91 Å². The molecule has 2 aromatic rings. The molecule has 0 radical (unpaired) electrons. The van der Waals surface area contributed by atoms with Crippen molar-refractivity contribution in [2.45, 2.75) is 31.8 Å². The van der Waals surface area contributed by atoms with Crippen LogP contribution in [0.25, 0.3) is 0 Å². The topological polar surface area (TPSA) is 78.4 Å². The zero-order chi connectivity index (χ0) is 17.2. The van der Waals surface area contributed by atoms with E-state index in [0.29, 0.717) is 31.0 Å². The second kappa shape index (κ2) is 6.86. The van der Waals surface area contributed by atoms with Crippen LogP contribution in [0.5, 0.6) is 0 Å². The van der Waals surface area contributed by atoms with E-state index in [9.17, 15) is 9.90 Å². The van der Waals surface area contributed by atoms with Gasteiger partial charge in [-0.1, -0.05) is 13.8 Å². The van der Waals surface area contributed by atoms with Gasteiger partial charge in [-0.05, 0) is 18.4 Å². The lowest BCUT2D eigenvalue weighted by molar-refractivity contribution is 0.0576. The molecule has 0 spiro atoms. The monoisotopic (exact) mass is 346 g/mol. The summed E-state index contributed by atoms with van der Waals surface area (Å²) in [6.45, 7) is 5.58. The molecule has 2 N–H and O–H groups in total. The van der Waals surface area contributed by atoms with Crippen molar-refractivity contribution in [2.75, 3.05) is 24.5 Å². The van der Waals surface area contributed by atoms with Gasteiger partial charge < -0.3 is 15.3 Å². The number of carbonyl (C=O) groups excluding carboxylic acids is 1. The van der Waals surface area contributed by atoms with E-state index in [1.807, 2.05) is 16.3 Å². The van der Waals surface area contributed by atoms with Crippen molar-refractivity contribution in [1.29, 1.82) is 0 Å². The molecule has 128 valence electrons. The van der Waals surface area contributed by atoms with E-state index in [1.54, 1.807) is 29.9 Å². The van der Waals surface area contributed by atoms with Crippen LogP contribution in [0.1, 0.15) is 41.4 Å². The number of hydrogen-bond acceptors (Lipinski definition) is 6. The van der Waals surface area contributed by atoms with E-state index in [0.717, 1.165) is 5.82 Å². The van der Waals surface area contributed by atoms with Gasteiger partial charge in [-0.3, -0.25) is 9.78 Å². The Morgan fingerprint density at radius 2 is 2.33 bits per heavy atom. The van der Waals surface area contributed by atoms with Crippen LogP contribution in [-0.4, -0.2) is 46.2 Å². The highest BCUT2D eigenvalue weighted by Gasteiger charge is 2.37. The van der Waals surface area contributed by atoms with Gasteiger partial charge in [0.1, 0.15) is 11.4 Å². The summed E-state index contributed by atoms with van der Waals surface area (Å²) in [5.41, 5.74) is -0.277. The SMILES string of the molecule is CC(C)c1cc(C(=O)NC[C@]2(O)CCN(c3cnccn3)C2)cs1. The number of nitrogens with one attached hydrogen (secondary N) is 1. The van der Waals surface area contributed by atoms with Gasteiger partial charge in [-0.2, -0.15) is 0 Å². The van der Waals surface area contributed by atoms with Crippen LogP contribution in [0.15, 0.2) is 30.0 Å². The Morgan fingerprint density at radius 3 is 3.00 bits per heavy atom. The Morgan fingerprint density at radius 1 is 1.50 bits per heavy atom. The van der Waals surface area contributed by atoms with Crippen molar-refractivity contribution in [1.82, 2.24) is 15.3 Å². The third kappa shape index (κ3) is 3.73. The first-order valence-corrected chi connectivity index (χ1v) is 8.95. The number of β-amino-alcohol motifs (C(OH)–C–C–N with tert-alkyl or cyclic N) is 1. The van der Waals surface area contributed by atoms with E-state index in [1.165, 1.54) is 4.88 Å². The van der Waals surface area contributed by atoms with Crippen LogP contribution in [0, 0.1) is 0 Å². The molecule has 1 aliphatic rings. The molecule has 1 amide bonds. The lowest BCUT2D eigenvalue weighted by atomic mass is 10.0. The van der Waals surface area contributed by atoms with E-state index in [-0.39, 0.29) is 12.5 Å². The molecule has 1 saturated heterocycles. The second-order valence-corrected chi connectivity index (χ2v) is 7.48. The molecular formula is C17H22N4O2S. The average Bonchev–Trinajstić information content (AvgIpc) is 3.21. The first-order valence-electron chi connectivity index (χ1n) is 8.07. The minimum absolute atomic E-state index is 0.135. The summed E-state index contributed by atoms with van der Waals surface area (Å²) < 4.78 is 0. The van der Waals surface area contributed by atoms with Crippen LogP contribution in [0.2, 0.25) is 0 Å². The molecule has 3 rings (SSSR count). The third-order valence-electron chi connectivity index (χ3n) is 4.23. The van der Waals surface area contributed by atoms with Crippen LogP contribution in [0.4, 0.5) is 5.82 Å². The summed E-state index contributed by atoms with van der Waals surface area (Å²) in [6.07, 6.45) is 5.53. The summed E-state index contributed by atoms with van der Waals surface area (Å²) >= 11 is 1.59. The zero-order valence-corrected chi connectivity index (χ0v) is 14.7. The van der Waals surface area contributed by atoms with Gasteiger partial charge in [-0.15, -0.1) is 11.3 Å². The van der Waals surface area contributed by atoms with Crippen LogP contribution in [0.3, 0.4) is 0 Å². The molecule has 0 aliphatic carbocycles. The van der Waals surface area contributed by atoms with E-state index in [4.69, 9.17) is 0 Å². The van der Waals surface area contributed by atoms with Gasteiger partial charge >= 0.3 is 0 Å². The predicted octanol–water partition coefficient (Wildman–Crippen LogP) is 2.03. The molecule has 1 fully saturated rings. The zero-order valence-electron chi connectivity index (χ0n) is 13.9. The van der Waals surface area contributed by atoms with Gasteiger partial charge in [0.15, 0.2) is 0 Å². The largest absolute Gasteiger partial charge is 0.386 e. The molecule has 0 aromatic carbocycles. The molecular weight excluding hydrogens is 324 g/mol. The number of aliphatic hydroxyl groups is 1. The number of thiophene rings is 1. The maximum absolute atomic E-state index is 12.3. The summed E-state index contributed by atoms with van der Waals surface area (Å²) in [6, 6.07) is 1.93. The molecule has 6 nitrogen and oxygen atoms in total. The number of nitrogens with zero attached hydrogens (tertiary/aromatic N) is 3. The van der Waals surface area contributed by atoms with E-state index in [2.05, 4.69) is 29.1 Å². The standard InChI is InChI=1S/C17H22N4O2S/c1-12(2)14-7-13(9-24-14)16(22)20-10-17(23)3-6-21(11-17)15-8-18-4-5-19-15/h4-5,7-9,12,23H,3,6,10-11H2,1-2H3,(H,20,22)/t17-/m1/s1. The average molecular weight is 346 g/mol. The number of amides is 1. The minimum atomic E-state index is -0.940. The quantitative estimate of drug-likeness (QED) is 0.866. The maximum Gasteiger partial charge on any atom is 0.252 e. The fourth-order valence-electron chi connectivity index (χ4n) is 2.77. The minimum Gasteiger partial charge on any atom is -0.386 e. The number of anilines is 1. The molecule has 2 aromatic heterocycles. The normalized spacial score (nSPS) is 20.6. The van der Waals surface area contributed by atoms with Crippen molar-refractivity contribution < 1.29 is 9.90 Å². The van der Waals surface area contributed by atoms with Gasteiger partial charge in [-0.25, -0.2) is 4.98 Å². The van der Waals surface area contributed by atoms with Gasteiger partial charge in [0.2, 0.25) is 0 Å². The summed E-state index contributed by atoms with van der Waals surface area (Å²) in [7, 11) is 0. The Labute approximate surface area is 145 Å². The number of hydrogen-bond donors (Lipinski definition) is 2. The lowest BCUT2D eigenvalue weighted by Gasteiger charge is -2.24. The summed E-state index contributed by atoms with van der Waals surface area (Å²) in [4.78, 5) is 23.8. The fraction of sp³-hybridized carbons (Fsp3) is 0.471. The highest BCUT2D eigenvalue weighted by molar-refractivity contribution is 7.10. The second-order valence-electron chi connectivity index (χ2n) is 6.53. The predicted molar refractivity (Wildman–Crippen MR) is 94.6 cm³/mol. The van der Waals surface area contributed by atoms with Gasteiger partial charge in [0, 0.05) is 42.3 Å². The molecule has 3 heterocycles. The maximum atomic E-state index is 12.3. The summed E-state index contributed by atoms with van der Waals surface area (Å²) in [5.74, 6) is 1.03. The molecule has 24 heavy (non-hydrogen) atoms. The van der Waals surface area contributed by atoms with Crippen molar-refractivity contribution in [3.8, 4) is 0 Å². The highest BCUT2D eigenvalue weighted by Crippen LogP contribution is 2.25. The fourth-order valence-corrected chi connectivity index (χ4v) is 3.68. The molecule has 0 unspecified atom stereocenters.